The summed E-state index contributed by atoms with van der Waals surface area (Å²) in [6, 6.07) is 3.75. The minimum atomic E-state index is -0.127. The molecule has 2 rings (SSSR count). The van der Waals surface area contributed by atoms with Crippen molar-refractivity contribution in [2.24, 2.45) is 7.05 Å². The van der Waals surface area contributed by atoms with Gasteiger partial charge in [0.2, 0.25) is 0 Å². The number of hydrogen-bond donors (Lipinski definition) is 0. The Labute approximate surface area is 87.1 Å². The predicted octanol–water partition coefficient (Wildman–Crippen LogP) is 1.66. The molecule has 0 saturated heterocycles. The lowest BCUT2D eigenvalue weighted by atomic mass is 10.1. The normalized spacial score (nSPS) is 10.6. The van der Waals surface area contributed by atoms with Crippen molar-refractivity contribution >= 4 is 0 Å². The minimum absolute atomic E-state index is 0.127. The van der Waals surface area contributed by atoms with Gasteiger partial charge in [0.25, 0.3) is 5.56 Å². The highest BCUT2D eigenvalue weighted by Gasteiger charge is 2.13. The van der Waals surface area contributed by atoms with Gasteiger partial charge in [-0.3, -0.25) is 9.78 Å². The van der Waals surface area contributed by atoms with Crippen LogP contribution in [0.1, 0.15) is 11.5 Å². The Balaban J connectivity index is 2.64. The molecule has 15 heavy (non-hydrogen) atoms. The van der Waals surface area contributed by atoms with E-state index in [1.54, 1.807) is 20.2 Å². The lowest BCUT2D eigenvalue weighted by molar-refractivity contribution is 0.283. The zero-order chi connectivity index (χ0) is 11.0. The summed E-state index contributed by atoms with van der Waals surface area (Å²) in [4.78, 5) is 15.9. The van der Waals surface area contributed by atoms with Gasteiger partial charge >= 0.3 is 0 Å². The van der Waals surface area contributed by atoms with E-state index >= 15 is 0 Å². The molecule has 0 aromatic carbocycles. The van der Waals surface area contributed by atoms with Crippen LogP contribution in [0.25, 0.3) is 11.1 Å². The maximum Gasteiger partial charge on any atom is 0.290 e. The molecule has 4 nitrogen and oxygen atoms in total. The van der Waals surface area contributed by atoms with E-state index in [1.807, 2.05) is 19.1 Å². The van der Waals surface area contributed by atoms with E-state index in [0.29, 0.717) is 11.3 Å². The first-order valence-corrected chi connectivity index (χ1v) is 4.69. The summed E-state index contributed by atoms with van der Waals surface area (Å²) in [5.41, 5.74) is 2.19. The van der Waals surface area contributed by atoms with E-state index in [0.717, 1.165) is 11.3 Å². The summed E-state index contributed by atoms with van der Waals surface area (Å²) in [7, 11) is 1.60. The third-order valence-corrected chi connectivity index (χ3v) is 2.33. The van der Waals surface area contributed by atoms with Crippen LogP contribution in [0.2, 0.25) is 0 Å². The summed E-state index contributed by atoms with van der Waals surface area (Å²) < 4.78 is 6.43. The van der Waals surface area contributed by atoms with E-state index in [4.69, 9.17) is 4.52 Å². The molecule has 0 unspecified atom stereocenters. The molecule has 2 aromatic rings. The first kappa shape index (κ1) is 9.71. The Kier molecular flexibility index (Phi) is 2.19. The Hall–Kier alpha value is -1.84. The summed E-state index contributed by atoms with van der Waals surface area (Å²) >= 11 is 0. The summed E-state index contributed by atoms with van der Waals surface area (Å²) in [6.45, 7) is 3.68. The fourth-order valence-corrected chi connectivity index (χ4v) is 1.54. The standard InChI is InChI=1S/C11H12N2O2/c1-7-4-5-9(6-12-7)10-8(2)15-13(3)11(10)14/h4-6H,1-3H3. The zero-order valence-electron chi connectivity index (χ0n) is 8.94. The summed E-state index contributed by atoms with van der Waals surface area (Å²) in [6.07, 6.45) is 1.69. The topological polar surface area (TPSA) is 48.0 Å². The first-order valence-electron chi connectivity index (χ1n) is 4.69. The number of aromatic nitrogens is 2. The van der Waals surface area contributed by atoms with Crippen LogP contribution in [0, 0.1) is 13.8 Å². The molecule has 0 aliphatic rings. The molecule has 0 amide bonds. The van der Waals surface area contributed by atoms with Crippen molar-refractivity contribution < 1.29 is 4.52 Å². The van der Waals surface area contributed by atoms with Crippen LogP contribution in [-0.4, -0.2) is 9.72 Å². The molecule has 0 spiro atoms. The molecule has 2 heterocycles. The lowest BCUT2D eigenvalue weighted by Gasteiger charge is -1.96. The van der Waals surface area contributed by atoms with Crippen molar-refractivity contribution in [3.8, 4) is 11.1 Å². The Morgan fingerprint density at radius 2 is 2.07 bits per heavy atom. The fourth-order valence-electron chi connectivity index (χ4n) is 1.54. The van der Waals surface area contributed by atoms with Gasteiger partial charge < -0.3 is 4.52 Å². The van der Waals surface area contributed by atoms with Crippen molar-refractivity contribution in [3.05, 3.63) is 40.1 Å². The number of nitrogens with zero attached hydrogens (tertiary/aromatic N) is 2. The molecule has 4 heteroatoms. The third-order valence-electron chi connectivity index (χ3n) is 2.33. The van der Waals surface area contributed by atoms with Crippen molar-refractivity contribution in [1.29, 1.82) is 0 Å². The van der Waals surface area contributed by atoms with Crippen LogP contribution in [0.15, 0.2) is 27.6 Å². The smallest absolute Gasteiger partial charge is 0.290 e. The first-order chi connectivity index (χ1) is 7.09. The molecular weight excluding hydrogens is 192 g/mol. The van der Waals surface area contributed by atoms with Crippen LogP contribution in [0.3, 0.4) is 0 Å². The zero-order valence-corrected chi connectivity index (χ0v) is 8.94. The van der Waals surface area contributed by atoms with E-state index in [1.165, 1.54) is 4.74 Å². The molecule has 78 valence electrons. The van der Waals surface area contributed by atoms with Gasteiger partial charge in [0, 0.05) is 24.5 Å². The second-order valence-electron chi connectivity index (χ2n) is 3.51. The van der Waals surface area contributed by atoms with Gasteiger partial charge in [-0.25, -0.2) is 0 Å². The Morgan fingerprint density at radius 1 is 1.33 bits per heavy atom. The molecule has 0 N–H and O–H groups in total. The second-order valence-corrected chi connectivity index (χ2v) is 3.51. The van der Waals surface area contributed by atoms with Crippen molar-refractivity contribution in [3.63, 3.8) is 0 Å². The largest absolute Gasteiger partial charge is 0.381 e. The minimum Gasteiger partial charge on any atom is -0.381 e. The van der Waals surface area contributed by atoms with Gasteiger partial charge in [-0.05, 0) is 19.9 Å². The van der Waals surface area contributed by atoms with Gasteiger partial charge in [-0.2, -0.15) is 4.74 Å². The molecule has 0 bridgehead atoms. The van der Waals surface area contributed by atoms with Crippen molar-refractivity contribution in [2.45, 2.75) is 13.8 Å². The molecule has 2 aromatic heterocycles. The van der Waals surface area contributed by atoms with E-state index in [2.05, 4.69) is 4.98 Å². The molecule has 0 saturated carbocycles. The van der Waals surface area contributed by atoms with Crippen LogP contribution in [-0.2, 0) is 7.05 Å². The molecule has 0 fully saturated rings. The number of pyridine rings is 1. The SMILES string of the molecule is Cc1ccc(-c2c(C)on(C)c2=O)cn1. The third kappa shape index (κ3) is 1.58. The van der Waals surface area contributed by atoms with Crippen molar-refractivity contribution in [1.82, 2.24) is 9.72 Å². The van der Waals surface area contributed by atoms with E-state index in [-0.39, 0.29) is 5.56 Å². The Bertz CT molecular complexity index is 535. The van der Waals surface area contributed by atoms with Gasteiger partial charge in [-0.15, -0.1) is 0 Å². The fraction of sp³-hybridized carbons (Fsp3) is 0.273. The van der Waals surface area contributed by atoms with Crippen LogP contribution in [0.5, 0.6) is 0 Å². The van der Waals surface area contributed by atoms with E-state index in [9.17, 15) is 4.79 Å². The predicted molar refractivity (Wildman–Crippen MR) is 56.7 cm³/mol. The average molecular weight is 204 g/mol. The lowest BCUT2D eigenvalue weighted by Crippen LogP contribution is -2.11. The van der Waals surface area contributed by atoms with Gasteiger partial charge in [0.05, 0.1) is 5.56 Å². The van der Waals surface area contributed by atoms with Crippen LogP contribution in [0.4, 0.5) is 0 Å². The van der Waals surface area contributed by atoms with Crippen molar-refractivity contribution in [2.75, 3.05) is 0 Å². The van der Waals surface area contributed by atoms with Crippen LogP contribution >= 0.6 is 0 Å². The molecule has 0 atom stereocenters. The van der Waals surface area contributed by atoms with Gasteiger partial charge in [0.15, 0.2) is 0 Å². The average Bonchev–Trinajstić information content (AvgIpc) is 2.44. The molecule has 0 aliphatic heterocycles. The molecule has 0 radical (unpaired) electrons. The van der Waals surface area contributed by atoms with Gasteiger partial charge in [-0.1, -0.05) is 6.07 Å². The highest BCUT2D eigenvalue weighted by molar-refractivity contribution is 5.63. The van der Waals surface area contributed by atoms with Crippen LogP contribution < -0.4 is 5.56 Å². The second kappa shape index (κ2) is 3.38. The summed E-state index contributed by atoms with van der Waals surface area (Å²) in [5.74, 6) is 0.619. The number of aryl methyl sites for hydroxylation is 3. The Morgan fingerprint density at radius 3 is 2.53 bits per heavy atom. The van der Waals surface area contributed by atoms with Gasteiger partial charge in [0.1, 0.15) is 5.76 Å². The summed E-state index contributed by atoms with van der Waals surface area (Å²) in [5, 5.41) is 0. The quantitative estimate of drug-likeness (QED) is 0.709. The molecule has 0 aliphatic carbocycles. The van der Waals surface area contributed by atoms with E-state index < -0.39 is 0 Å². The maximum absolute atomic E-state index is 11.7. The highest BCUT2D eigenvalue weighted by Crippen LogP contribution is 2.18. The number of rotatable bonds is 1. The molecular formula is C11H12N2O2. The highest BCUT2D eigenvalue weighted by atomic mass is 16.5. The number of hydrogen-bond acceptors (Lipinski definition) is 3. The maximum atomic E-state index is 11.7. The monoisotopic (exact) mass is 204 g/mol.